The lowest BCUT2D eigenvalue weighted by Gasteiger charge is -2.09. The van der Waals surface area contributed by atoms with Crippen LogP contribution in [0.2, 0.25) is 0 Å². The molecule has 3 heteroatoms. The van der Waals surface area contributed by atoms with Crippen molar-refractivity contribution in [2.75, 3.05) is 11.9 Å². The Labute approximate surface area is 97.7 Å². The quantitative estimate of drug-likeness (QED) is 0.773. The molecule has 0 unspecified atom stereocenters. The Balaban J connectivity index is 1.62. The molecule has 0 atom stereocenters. The Bertz CT molecular complexity index is 301. The summed E-state index contributed by atoms with van der Waals surface area (Å²) >= 11 is 0. The van der Waals surface area contributed by atoms with E-state index in [-0.39, 0.29) is 0 Å². The topological polar surface area (TPSA) is 37.8 Å². The molecule has 1 saturated carbocycles. The predicted octanol–water partition coefficient (Wildman–Crippen LogP) is 3.17. The van der Waals surface area contributed by atoms with Gasteiger partial charge in [-0.1, -0.05) is 25.7 Å². The summed E-state index contributed by atoms with van der Waals surface area (Å²) in [6.45, 7) is 3.00. The molecule has 1 aliphatic rings. The van der Waals surface area contributed by atoms with Gasteiger partial charge < -0.3 is 5.32 Å². The van der Waals surface area contributed by atoms with Crippen LogP contribution in [0.3, 0.4) is 0 Å². The first-order chi connectivity index (χ1) is 7.84. The second kappa shape index (κ2) is 5.83. The van der Waals surface area contributed by atoms with Crippen molar-refractivity contribution in [2.24, 2.45) is 5.92 Å². The summed E-state index contributed by atoms with van der Waals surface area (Å²) in [5.41, 5.74) is 1.11. The van der Waals surface area contributed by atoms with Crippen LogP contribution in [0.5, 0.6) is 0 Å². The van der Waals surface area contributed by atoms with Crippen molar-refractivity contribution in [1.82, 2.24) is 9.97 Å². The molecule has 0 aliphatic heterocycles. The number of aromatic nitrogens is 2. The molecule has 16 heavy (non-hydrogen) atoms. The third-order valence-electron chi connectivity index (χ3n) is 3.33. The molecule has 0 spiro atoms. The summed E-state index contributed by atoms with van der Waals surface area (Å²) in [4.78, 5) is 8.45. The van der Waals surface area contributed by atoms with Gasteiger partial charge in [0.1, 0.15) is 0 Å². The van der Waals surface area contributed by atoms with Crippen LogP contribution in [0.1, 0.15) is 44.1 Å². The average molecular weight is 219 g/mol. The lowest BCUT2D eigenvalue weighted by molar-refractivity contribution is 0.491. The van der Waals surface area contributed by atoms with Crippen LogP contribution >= 0.6 is 0 Å². The summed E-state index contributed by atoms with van der Waals surface area (Å²) in [6, 6.07) is 0. The smallest absolute Gasteiger partial charge is 0.222 e. The molecule has 1 N–H and O–H groups in total. The molecule has 3 nitrogen and oxygen atoms in total. The lowest BCUT2D eigenvalue weighted by Crippen LogP contribution is -2.06. The first-order valence-electron chi connectivity index (χ1n) is 6.37. The van der Waals surface area contributed by atoms with Crippen LogP contribution in [0.25, 0.3) is 0 Å². The first-order valence-corrected chi connectivity index (χ1v) is 6.37. The summed E-state index contributed by atoms with van der Waals surface area (Å²) in [6.07, 6.45) is 12.1. The van der Waals surface area contributed by atoms with Crippen molar-refractivity contribution in [1.29, 1.82) is 0 Å². The molecule has 0 amide bonds. The Kier molecular flexibility index (Phi) is 4.14. The summed E-state index contributed by atoms with van der Waals surface area (Å²) < 4.78 is 0. The molecule has 1 aliphatic carbocycles. The standard InChI is InChI=1S/C13H21N3/c1-11-9-15-13(16-10-11)14-8-4-7-12-5-2-3-6-12/h9-10,12H,2-8H2,1H3,(H,14,15,16). The van der Waals surface area contributed by atoms with Gasteiger partial charge in [0.05, 0.1) is 0 Å². The fourth-order valence-corrected chi connectivity index (χ4v) is 2.37. The normalized spacial score (nSPS) is 16.6. The Morgan fingerprint density at radius 1 is 1.25 bits per heavy atom. The molecular formula is C13H21N3. The van der Waals surface area contributed by atoms with Gasteiger partial charge in [0.25, 0.3) is 0 Å². The molecule has 88 valence electrons. The fraction of sp³-hybridized carbons (Fsp3) is 0.692. The zero-order valence-electron chi connectivity index (χ0n) is 10.1. The Morgan fingerprint density at radius 3 is 2.62 bits per heavy atom. The number of hydrogen-bond acceptors (Lipinski definition) is 3. The van der Waals surface area contributed by atoms with Gasteiger partial charge >= 0.3 is 0 Å². The minimum Gasteiger partial charge on any atom is -0.354 e. The highest BCUT2D eigenvalue weighted by Crippen LogP contribution is 2.28. The zero-order chi connectivity index (χ0) is 11.2. The van der Waals surface area contributed by atoms with Gasteiger partial charge in [0, 0.05) is 18.9 Å². The lowest BCUT2D eigenvalue weighted by atomic mass is 10.0. The van der Waals surface area contributed by atoms with Gasteiger partial charge in [-0.15, -0.1) is 0 Å². The second-order valence-corrected chi connectivity index (χ2v) is 4.80. The van der Waals surface area contributed by atoms with E-state index >= 15 is 0 Å². The van der Waals surface area contributed by atoms with Gasteiger partial charge in [-0.3, -0.25) is 0 Å². The van der Waals surface area contributed by atoms with Crippen LogP contribution in [0, 0.1) is 12.8 Å². The molecule has 1 heterocycles. The van der Waals surface area contributed by atoms with E-state index in [1.807, 2.05) is 19.3 Å². The second-order valence-electron chi connectivity index (χ2n) is 4.80. The van der Waals surface area contributed by atoms with E-state index in [1.165, 1.54) is 38.5 Å². The molecule has 2 rings (SSSR count). The van der Waals surface area contributed by atoms with E-state index in [0.717, 1.165) is 24.0 Å². The maximum atomic E-state index is 4.23. The fourth-order valence-electron chi connectivity index (χ4n) is 2.37. The molecule has 1 aromatic heterocycles. The summed E-state index contributed by atoms with van der Waals surface area (Å²) in [5.74, 6) is 1.75. The molecule has 0 saturated heterocycles. The Morgan fingerprint density at radius 2 is 1.94 bits per heavy atom. The van der Waals surface area contributed by atoms with E-state index in [1.54, 1.807) is 0 Å². The third-order valence-corrected chi connectivity index (χ3v) is 3.33. The highest BCUT2D eigenvalue weighted by molar-refractivity contribution is 5.23. The number of rotatable bonds is 5. The van der Waals surface area contributed by atoms with E-state index < -0.39 is 0 Å². The van der Waals surface area contributed by atoms with Gasteiger partial charge in [-0.05, 0) is 31.2 Å². The number of anilines is 1. The van der Waals surface area contributed by atoms with Gasteiger partial charge in [0.2, 0.25) is 5.95 Å². The van der Waals surface area contributed by atoms with Gasteiger partial charge in [0.15, 0.2) is 0 Å². The minimum atomic E-state index is 0.761. The number of hydrogen-bond donors (Lipinski definition) is 1. The molecule has 0 radical (unpaired) electrons. The highest BCUT2D eigenvalue weighted by Gasteiger charge is 2.13. The molecular weight excluding hydrogens is 198 g/mol. The monoisotopic (exact) mass is 219 g/mol. The number of nitrogens with one attached hydrogen (secondary N) is 1. The van der Waals surface area contributed by atoms with Crippen molar-refractivity contribution in [2.45, 2.75) is 45.4 Å². The maximum Gasteiger partial charge on any atom is 0.222 e. The van der Waals surface area contributed by atoms with E-state index in [2.05, 4.69) is 15.3 Å². The van der Waals surface area contributed by atoms with E-state index in [0.29, 0.717) is 0 Å². The largest absolute Gasteiger partial charge is 0.354 e. The predicted molar refractivity (Wildman–Crippen MR) is 66.5 cm³/mol. The Hall–Kier alpha value is -1.12. The van der Waals surface area contributed by atoms with Crippen molar-refractivity contribution in [3.8, 4) is 0 Å². The van der Waals surface area contributed by atoms with Crippen LogP contribution < -0.4 is 5.32 Å². The molecule has 0 aromatic carbocycles. The third kappa shape index (κ3) is 3.47. The maximum absolute atomic E-state index is 4.23. The first kappa shape index (κ1) is 11.4. The SMILES string of the molecule is Cc1cnc(NCCCC2CCCC2)nc1. The van der Waals surface area contributed by atoms with Crippen LogP contribution in [0.15, 0.2) is 12.4 Å². The molecule has 0 bridgehead atoms. The molecule has 1 fully saturated rings. The van der Waals surface area contributed by atoms with Gasteiger partial charge in [-0.25, -0.2) is 9.97 Å². The van der Waals surface area contributed by atoms with E-state index in [4.69, 9.17) is 0 Å². The van der Waals surface area contributed by atoms with Crippen LogP contribution in [0.4, 0.5) is 5.95 Å². The van der Waals surface area contributed by atoms with E-state index in [9.17, 15) is 0 Å². The van der Waals surface area contributed by atoms with Gasteiger partial charge in [-0.2, -0.15) is 0 Å². The number of nitrogens with zero attached hydrogens (tertiary/aromatic N) is 2. The van der Waals surface area contributed by atoms with Crippen molar-refractivity contribution in [3.05, 3.63) is 18.0 Å². The summed E-state index contributed by atoms with van der Waals surface area (Å²) in [5, 5.41) is 3.27. The van der Waals surface area contributed by atoms with Crippen molar-refractivity contribution < 1.29 is 0 Å². The number of aryl methyl sites for hydroxylation is 1. The van der Waals surface area contributed by atoms with Crippen LogP contribution in [-0.4, -0.2) is 16.5 Å². The van der Waals surface area contributed by atoms with Crippen molar-refractivity contribution >= 4 is 5.95 Å². The molecule has 1 aromatic rings. The minimum absolute atomic E-state index is 0.761. The van der Waals surface area contributed by atoms with Crippen LogP contribution in [-0.2, 0) is 0 Å². The zero-order valence-corrected chi connectivity index (χ0v) is 10.1. The van der Waals surface area contributed by atoms with Crippen molar-refractivity contribution in [3.63, 3.8) is 0 Å². The summed E-state index contributed by atoms with van der Waals surface area (Å²) in [7, 11) is 0. The average Bonchev–Trinajstić information content (AvgIpc) is 2.80. The highest BCUT2D eigenvalue weighted by atomic mass is 15.1.